The second-order valence-electron chi connectivity index (χ2n) is 4.97. The zero-order chi connectivity index (χ0) is 12.4. The van der Waals surface area contributed by atoms with Crippen molar-refractivity contribution in [2.45, 2.75) is 34.2 Å². The van der Waals surface area contributed by atoms with Gasteiger partial charge in [-0.1, -0.05) is 42.8 Å². The van der Waals surface area contributed by atoms with E-state index in [2.05, 4.69) is 62.3 Å². The van der Waals surface area contributed by atoms with E-state index in [1.165, 1.54) is 5.56 Å². The first-order chi connectivity index (χ1) is 8.08. The molecule has 17 heavy (non-hydrogen) atoms. The lowest BCUT2D eigenvalue weighted by Crippen LogP contribution is -2.07. The number of rotatable bonds is 3. The third kappa shape index (κ3) is 2.54. The molecule has 0 radical (unpaired) electrons. The van der Waals surface area contributed by atoms with Gasteiger partial charge in [-0.2, -0.15) is 0 Å². The minimum Gasteiger partial charge on any atom is -0.249 e. The molecule has 1 heterocycles. The van der Waals surface area contributed by atoms with Crippen LogP contribution in [0.5, 0.6) is 0 Å². The quantitative estimate of drug-likeness (QED) is 0.809. The van der Waals surface area contributed by atoms with E-state index in [-0.39, 0.29) is 0 Å². The van der Waals surface area contributed by atoms with Crippen LogP contribution < -0.4 is 0 Å². The Morgan fingerprint density at radius 3 is 2.65 bits per heavy atom. The van der Waals surface area contributed by atoms with Gasteiger partial charge in [-0.3, -0.25) is 0 Å². The van der Waals surface area contributed by atoms with Gasteiger partial charge >= 0.3 is 0 Å². The number of aryl methyl sites for hydroxylation is 1. The predicted molar refractivity (Wildman–Crippen MR) is 69.8 cm³/mol. The predicted octanol–water partition coefficient (Wildman–Crippen LogP) is 3.22. The molecular weight excluding hydrogens is 210 g/mol. The molecule has 0 fully saturated rings. The van der Waals surface area contributed by atoms with Gasteiger partial charge in [-0.15, -0.1) is 5.10 Å². The molecule has 3 heteroatoms. The molecule has 1 aromatic heterocycles. The highest BCUT2D eigenvalue weighted by atomic mass is 15.4. The fourth-order valence-electron chi connectivity index (χ4n) is 1.94. The highest BCUT2D eigenvalue weighted by Gasteiger charge is 2.11. The molecule has 0 aliphatic heterocycles. The van der Waals surface area contributed by atoms with Gasteiger partial charge in [0, 0.05) is 12.1 Å². The average molecular weight is 229 g/mol. The maximum absolute atomic E-state index is 4.29. The second kappa shape index (κ2) is 4.70. The zero-order valence-corrected chi connectivity index (χ0v) is 10.9. The summed E-state index contributed by atoms with van der Waals surface area (Å²) in [5.41, 5.74) is 4.54. The molecule has 0 bridgehead atoms. The molecule has 2 aromatic rings. The van der Waals surface area contributed by atoms with Gasteiger partial charge in [-0.25, -0.2) is 4.68 Å². The third-order valence-corrected chi connectivity index (χ3v) is 2.81. The van der Waals surface area contributed by atoms with Crippen molar-refractivity contribution < 1.29 is 0 Å². The number of nitrogens with zero attached hydrogens (tertiary/aromatic N) is 3. The maximum atomic E-state index is 4.29. The van der Waals surface area contributed by atoms with Crippen molar-refractivity contribution in [3.63, 3.8) is 0 Å². The van der Waals surface area contributed by atoms with E-state index in [9.17, 15) is 0 Å². The highest BCUT2D eigenvalue weighted by Crippen LogP contribution is 2.21. The van der Waals surface area contributed by atoms with Crippen LogP contribution in [0.2, 0.25) is 0 Å². The van der Waals surface area contributed by atoms with Crippen molar-refractivity contribution in [1.82, 2.24) is 15.0 Å². The summed E-state index contributed by atoms with van der Waals surface area (Å²) in [6.45, 7) is 9.48. The lowest BCUT2D eigenvalue weighted by molar-refractivity contribution is 0.464. The SMILES string of the molecule is Cc1cccc(-c2nnn(CC(C)C)c2C)c1. The van der Waals surface area contributed by atoms with Crippen molar-refractivity contribution in [1.29, 1.82) is 0 Å². The van der Waals surface area contributed by atoms with Crippen LogP contribution in [0.4, 0.5) is 0 Å². The lowest BCUT2D eigenvalue weighted by Gasteiger charge is -2.06. The normalized spacial score (nSPS) is 11.1. The van der Waals surface area contributed by atoms with Gasteiger partial charge in [0.2, 0.25) is 0 Å². The van der Waals surface area contributed by atoms with Crippen LogP contribution >= 0.6 is 0 Å². The molecule has 90 valence electrons. The van der Waals surface area contributed by atoms with Crippen LogP contribution in [0, 0.1) is 19.8 Å². The second-order valence-corrected chi connectivity index (χ2v) is 4.97. The standard InChI is InChI=1S/C14H19N3/c1-10(2)9-17-12(4)14(15-16-17)13-7-5-6-11(3)8-13/h5-8,10H,9H2,1-4H3. The molecule has 0 N–H and O–H groups in total. The van der Waals surface area contributed by atoms with E-state index < -0.39 is 0 Å². The number of aromatic nitrogens is 3. The number of hydrogen-bond acceptors (Lipinski definition) is 2. The van der Waals surface area contributed by atoms with Gasteiger partial charge in [0.15, 0.2) is 0 Å². The Morgan fingerprint density at radius 1 is 1.24 bits per heavy atom. The van der Waals surface area contributed by atoms with Gasteiger partial charge in [0.1, 0.15) is 5.69 Å². The molecule has 0 saturated heterocycles. The average Bonchev–Trinajstić information content (AvgIpc) is 2.60. The van der Waals surface area contributed by atoms with E-state index in [1.807, 2.05) is 4.68 Å². The van der Waals surface area contributed by atoms with Crippen molar-refractivity contribution in [3.05, 3.63) is 35.5 Å². The number of benzene rings is 1. The van der Waals surface area contributed by atoms with Gasteiger partial charge in [0.25, 0.3) is 0 Å². The summed E-state index contributed by atoms with van der Waals surface area (Å²) in [7, 11) is 0. The molecule has 0 amide bonds. The summed E-state index contributed by atoms with van der Waals surface area (Å²) in [6.07, 6.45) is 0. The first kappa shape index (κ1) is 11.8. The van der Waals surface area contributed by atoms with Crippen LogP contribution in [0.3, 0.4) is 0 Å². The Balaban J connectivity index is 2.37. The molecule has 0 saturated carbocycles. The van der Waals surface area contributed by atoms with Crippen molar-refractivity contribution >= 4 is 0 Å². The summed E-state index contributed by atoms with van der Waals surface area (Å²) in [5.74, 6) is 0.584. The summed E-state index contributed by atoms with van der Waals surface area (Å²) >= 11 is 0. The summed E-state index contributed by atoms with van der Waals surface area (Å²) < 4.78 is 1.99. The van der Waals surface area contributed by atoms with Gasteiger partial charge < -0.3 is 0 Å². The van der Waals surface area contributed by atoms with Crippen LogP contribution in [-0.4, -0.2) is 15.0 Å². The van der Waals surface area contributed by atoms with Crippen molar-refractivity contribution in [3.8, 4) is 11.3 Å². The molecular formula is C14H19N3. The number of hydrogen-bond donors (Lipinski definition) is 0. The molecule has 0 aliphatic carbocycles. The summed E-state index contributed by atoms with van der Waals surface area (Å²) in [5, 5.41) is 8.52. The Hall–Kier alpha value is -1.64. The molecule has 0 unspecified atom stereocenters. The maximum Gasteiger partial charge on any atom is 0.115 e. The van der Waals surface area contributed by atoms with Crippen LogP contribution in [0.15, 0.2) is 24.3 Å². The summed E-state index contributed by atoms with van der Waals surface area (Å²) in [6, 6.07) is 8.39. The molecule has 0 atom stereocenters. The van der Waals surface area contributed by atoms with Crippen LogP contribution in [0.25, 0.3) is 11.3 Å². The smallest absolute Gasteiger partial charge is 0.115 e. The van der Waals surface area contributed by atoms with E-state index in [0.717, 1.165) is 23.5 Å². The van der Waals surface area contributed by atoms with E-state index >= 15 is 0 Å². The van der Waals surface area contributed by atoms with Crippen molar-refractivity contribution in [2.24, 2.45) is 5.92 Å². The van der Waals surface area contributed by atoms with E-state index in [1.54, 1.807) is 0 Å². The van der Waals surface area contributed by atoms with Gasteiger partial charge in [-0.05, 0) is 25.8 Å². The fraction of sp³-hybridized carbons (Fsp3) is 0.429. The Bertz CT molecular complexity index is 512. The van der Waals surface area contributed by atoms with Crippen LogP contribution in [-0.2, 0) is 6.54 Å². The Morgan fingerprint density at radius 2 is 2.00 bits per heavy atom. The first-order valence-corrected chi connectivity index (χ1v) is 6.05. The Kier molecular flexibility index (Phi) is 3.27. The zero-order valence-electron chi connectivity index (χ0n) is 10.9. The monoisotopic (exact) mass is 229 g/mol. The third-order valence-electron chi connectivity index (χ3n) is 2.81. The molecule has 0 spiro atoms. The molecule has 0 aliphatic rings. The Labute approximate surface area is 102 Å². The fourth-order valence-corrected chi connectivity index (χ4v) is 1.94. The van der Waals surface area contributed by atoms with Crippen LogP contribution in [0.1, 0.15) is 25.1 Å². The van der Waals surface area contributed by atoms with E-state index in [4.69, 9.17) is 0 Å². The van der Waals surface area contributed by atoms with Gasteiger partial charge in [0.05, 0.1) is 5.69 Å². The molecule has 2 rings (SSSR count). The topological polar surface area (TPSA) is 30.7 Å². The largest absolute Gasteiger partial charge is 0.249 e. The van der Waals surface area contributed by atoms with E-state index in [0.29, 0.717) is 5.92 Å². The highest BCUT2D eigenvalue weighted by molar-refractivity contribution is 5.61. The minimum atomic E-state index is 0.584. The first-order valence-electron chi connectivity index (χ1n) is 6.05. The molecule has 3 nitrogen and oxygen atoms in total. The molecule has 1 aromatic carbocycles. The van der Waals surface area contributed by atoms with Crippen molar-refractivity contribution in [2.75, 3.05) is 0 Å². The summed E-state index contributed by atoms with van der Waals surface area (Å²) in [4.78, 5) is 0. The minimum absolute atomic E-state index is 0.584. The lowest BCUT2D eigenvalue weighted by atomic mass is 10.1.